The summed E-state index contributed by atoms with van der Waals surface area (Å²) < 4.78 is 6.39. The van der Waals surface area contributed by atoms with Gasteiger partial charge in [0.25, 0.3) is 0 Å². The van der Waals surface area contributed by atoms with Crippen LogP contribution >= 0.6 is 12.6 Å². The summed E-state index contributed by atoms with van der Waals surface area (Å²) in [4.78, 5) is 5.95. The van der Waals surface area contributed by atoms with Crippen LogP contribution in [0.3, 0.4) is 0 Å². The molecule has 1 saturated carbocycles. The molecule has 4 heteroatoms. The molecule has 3 rings (SSSR count). The second-order valence-electron chi connectivity index (χ2n) is 9.53. The van der Waals surface area contributed by atoms with E-state index in [-0.39, 0.29) is 0 Å². The minimum atomic E-state index is 0.427. The molecule has 26 heavy (non-hydrogen) atoms. The molecule has 0 aromatic rings. The Hall–Kier alpha value is 0.230. The zero-order valence-corrected chi connectivity index (χ0v) is 18.1. The number of nitrogens with zero attached hydrogens (tertiary/aromatic N) is 1. The quantitative estimate of drug-likeness (QED) is 0.543. The third kappa shape index (κ3) is 5.62. The first-order valence-corrected chi connectivity index (χ1v) is 11.8. The lowest BCUT2D eigenvalue weighted by Crippen LogP contribution is -2.58. The van der Waals surface area contributed by atoms with Crippen molar-refractivity contribution >= 4 is 12.6 Å². The van der Waals surface area contributed by atoms with Crippen molar-refractivity contribution in [2.45, 2.75) is 96.0 Å². The molecule has 3 aliphatic rings. The number of rotatable bonds is 9. The lowest BCUT2D eigenvalue weighted by Gasteiger charge is -2.50. The highest BCUT2D eigenvalue weighted by Gasteiger charge is 2.47. The van der Waals surface area contributed by atoms with Gasteiger partial charge in [0.1, 0.15) is 0 Å². The molecule has 5 atom stereocenters. The summed E-state index contributed by atoms with van der Waals surface area (Å²) in [5, 5.41) is 2.70. The Morgan fingerprint density at radius 3 is 2.54 bits per heavy atom. The number of fused-ring (bicyclic) bond motifs is 2. The minimum absolute atomic E-state index is 0.427. The van der Waals surface area contributed by atoms with Crippen molar-refractivity contribution in [2.75, 3.05) is 19.8 Å². The second-order valence-corrected chi connectivity index (χ2v) is 10.3. The van der Waals surface area contributed by atoms with Crippen molar-refractivity contribution in [3.05, 3.63) is 0 Å². The molecule has 0 aromatic carbocycles. The molecule has 3 nitrogen and oxygen atoms in total. The van der Waals surface area contributed by atoms with Crippen LogP contribution in [-0.2, 0) is 9.57 Å². The largest absolute Gasteiger partial charge is 0.378 e. The standard InChI is InChI=1S/C22H41NO2S/c1-4-5-17(7-6-16(2)3)14-24-20-10-8-18(9-11-20)22-19-12-21(26)15-25-23(22)13-19/h16-22,26H,4-15H2,1-3H3. The van der Waals surface area contributed by atoms with Crippen LogP contribution in [0.2, 0.25) is 0 Å². The SMILES string of the molecule is CCCC(CCC(C)C)COC1CCC(C2C3CC(S)CON2C3)CC1. The van der Waals surface area contributed by atoms with E-state index in [1.165, 1.54) is 57.8 Å². The third-order valence-electron chi connectivity index (χ3n) is 6.86. The van der Waals surface area contributed by atoms with Crippen molar-refractivity contribution in [3.8, 4) is 0 Å². The topological polar surface area (TPSA) is 21.7 Å². The first-order valence-electron chi connectivity index (χ1n) is 11.3. The monoisotopic (exact) mass is 383 g/mol. The maximum Gasteiger partial charge on any atom is 0.0801 e. The molecule has 0 amide bonds. The molecule has 0 aromatic heterocycles. The fraction of sp³-hybridized carbons (Fsp3) is 1.00. The van der Waals surface area contributed by atoms with Crippen LogP contribution in [0.25, 0.3) is 0 Å². The maximum atomic E-state index is 6.39. The Morgan fingerprint density at radius 2 is 1.85 bits per heavy atom. The highest BCUT2D eigenvalue weighted by atomic mass is 32.1. The predicted molar refractivity (Wildman–Crippen MR) is 111 cm³/mol. The molecule has 0 radical (unpaired) electrons. The number of hydroxylamine groups is 2. The second kappa shape index (κ2) is 10.1. The average molecular weight is 384 g/mol. The molecule has 0 N–H and O–H groups in total. The van der Waals surface area contributed by atoms with E-state index in [1.807, 2.05) is 0 Å². The molecule has 2 saturated heterocycles. The number of hydrogen-bond acceptors (Lipinski definition) is 4. The Balaban J connectivity index is 1.38. The van der Waals surface area contributed by atoms with Crippen LogP contribution in [-0.4, -0.2) is 42.2 Å². The molecule has 2 bridgehead atoms. The van der Waals surface area contributed by atoms with E-state index >= 15 is 0 Å². The number of ether oxygens (including phenoxy) is 1. The summed E-state index contributed by atoms with van der Waals surface area (Å²) in [6.45, 7) is 9.88. The van der Waals surface area contributed by atoms with Crippen molar-refractivity contribution in [3.63, 3.8) is 0 Å². The predicted octanol–water partition coefficient (Wildman–Crippen LogP) is 5.35. The van der Waals surface area contributed by atoms with E-state index in [0.717, 1.165) is 43.4 Å². The summed E-state index contributed by atoms with van der Waals surface area (Å²) in [5.41, 5.74) is 0. The van der Waals surface area contributed by atoms with Gasteiger partial charge in [0.2, 0.25) is 0 Å². The highest BCUT2D eigenvalue weighted by Crippen LogP contribution is 2.43. The van der Waals surface area contributed by atoms with Gasteiger partial charge in [-0.1, -0.05) is 33.6 Å². The average Bonchev–Trinajstić information content (AvgIpc) is 2.89. The Bertz CT molecular complexity index is 411. The normalized spacial score (nSPS) is 38.7. The van der Waals surface area contributed by atoms with Gasteiger partial charge in [0, 0.05) is 24.4 Å². The first-order chi connectivity index (χ1) is 12.6. The van der Waals surface area contributed by atoms with Gasteiger partial charge in [-0.3, -0.25) is 4.84 Å². The highest BCUT2D eigenvalue weighted by molar-refractivity contribution is 7.81. The van der Waals surface area contributed by atoms with Gasteiger partial charge in [-0.2, -0.15) is 17.7 Å². The smallest absolute Gasteiger partial charge is 0.0801 e. The van der Waals surface area contributed by atoms with E-state index < -0.39 is 0 Å². The minimum Gasteiger partial charge on any atom is -0.378 e. The van der Waals surface area contributed by atoms with Crippen LogP contribution in [0.4, 0.5) is 0 Å². The molecule has 5 unspecified atom stereocenters. The first kappa shape index (κ1) is 21.0. The van der Waals surface area contributed by atoms with Gasteiger partial charge in [-0.05, 0) is 68.6 Å². The van der Waals surface area contributed by atoms with E-state index in [1.54, 1.807) is 0 Å². The van der Waals surface area contributed by atoms with Crippen molar-refractivity contribution in [2.24, 2.45) is 23.7 Å². The summed E-state index contributed by atoms with van der Waals surface area (Å²) in [5.74, 6) is 3.19. The fourth-order valence-corrected chi connectivity index (χ4v) is 5.62. The Kier molecular flexibility index (Phi) is 8.17. The van der Waals surface area contributed by atoms with Gasteiger partial charge >= 0.3 is 0 Å². The van der Waals surface area contributed by atoms with Crippen LogP contribution < -0.4 is 0 Å². The van der Waals surface area contributed by atoms with Gasteiger partial charge in [0.15, 0.2) is 0 Å². The third-order valence-corrected chi connectivity index (χ3v) is 7.22. The van der Waals surface area contributed by atoms with Gasteiger partial charge in [0.05, 0.1) is 12.7 Å². The van der Waals surface area contributed by atoms with Crippen molar-refractivity contribution in [1.29, 1.82) is 0 Å². The molecule has 1 aliphatic carbocycles. The Morgan fingerprint density at radius 1 is 1.08 bits per heavy atom. The molecule has 152 valence electrons. The molecule has 0 spiro atoms. The number of thiol groups is 1. The molecule has 2 aliphatic heterocycles. The zero-order chi connectivity index (χ0) is 18.5. The van der Waals surface area contributed by atoms with Gasteiger partial charge in [-0.25, -0.2) is 0 Å². The van der Waals surface area contributed by atoms with E-state index in [9.17, 15) is 0 Å². The molecule has 2 heterocycles. The van der Waals surface area contributed by atoms with E-state index in [0.29, 0.717) is 17.4 Å². The Labute approximate surface area is 166 Å². The fourth-order valence-electron chi connectivity index (χ4n) is 5.29. The zero-order valence-electron chi connectivity index (χ0n) is 17.2. The summed E-state index contributed by atoms with van der Waals surface area (Å²) in [6.07, 6.45) is 12.1. The molecular weight excluding hydrogens is 342 g/mol. The lowest BCUT2D eigenvalue weighted by atomic mass is 9.72. The van der Waals surface area contributed by atoms with Crippen molar-refractivity contribution in [1.82, 2.24) is 5.06 Å². The molecule has 3 fully saturated rings. The van der Waals surface area contributed by atoms with Crippen LogP contribution in [0, 0.1) is 23.7 Å². The lowest BCUT2D eigenvalue weighted by molar-refractivity contribution is -0.257. The van der Waals surface area contributed by atoms with Crippen LogP contribution in [0.15, 0.2) is 0 Å². The summed E-state index contributed by atoms with van der Waals surface area (Å²) >= 11 is 4.66. The van der Waals surface area contributed by atoms with Crippen molar-refractivity contribution < 1.29 is 9.57 Å². The van der Waals surface area contributed by atoms with E-state index in [4.69, 9.17) is 9.57 Å². The summed E-state index contributed by atoms with van der Waals surface area (Å²) in [6, 6.07) is 0.659. The molecular formula is C22H41NO2S. The van der Waals surface area contributed by atoms with Crippen LogP contribution in [0.1, 0.15) is 78.6 Å². The van der Waals surface area contributed by atoms with Gasteiger partial charge in [-0.15, -0.1) is 0 Å². The van der Waals surface area contributed by atoms with Gasteiger partial charge < -0.3 is 4.74 Å². The summed E-state index contributed by atoms with van der Waals surface area (Å²) in [7, 11) is 0. The van der Waals surface area contributed by atoms with E-state index in [2.05, 4.69) is 38.5 Å². The number of hydrogen-bond donors (Lipinski definition) is 1. The van der Waals surface area contributed by atoms with Crippen LogP contribution in [0.5, 0.6) is 0 Å². The maximum absolute atomic E-state index is 6.39.